The van der Waals surface area contributed by atoms with Crippen LogP contribution in [0.15, 0.2) is 16.7 Å². The summed E-state index contributed by atoms with van der Waals surface area (Å²) in [7, 11) is 0. The Morgan fingerprint density at radius 1 is 1.32 bits per heavy atom. The van der Waals surface area contributed by atoms with Gasteiger partial charge in [-0.25, -0.2) is 4.79 Å². The number of rotatable bonds is 3. The van der Waals surface area contributed by atoms with Crippen molar-refractivity contribution in [2.24, 2.45) is 11.8 Å². The van der Waals surface area contributed by atoms with Gasteiger partial charge in [0.1, 0.15) is 0 Å². The van der Waals surface area contributed by atoms with E-state index in [1.54, 1.807) is 6.07 Å². The van der Waals surface area contributed by atoms with Crippen LogP contribution in [0.5, 0.6) is 0 Å². The molecule has 1 aromatic heterocycles. The van der Waals surface area contributed by atoms with Gasteiger partial charge < -0.3 is 9.52 Å². The van der Waals surface area contributed by atoms with Gasteiger partial charge in [0.2, 0.25) is 5.76 Å². The molecule has 2 heterocycles. The Kier molecular flexibility index (Phi) is 3.60. The number of carboxylic acids is 1. The van der Waals surface area contributed by atoms with Gasteiger partial charge in [-0.3, -0.25) is 4.90 Å². The summed E-state index contributed by atoms with van der Waals surface area (Å²) >= 11 is 0. The minimum atomic E-state index is -0.965. The van der Waals surface area contributed by atoms with Crippen LogP contribution in [0.25, 0.3) is 0 Å². The first-order valence-corrected chi connectivity index (χ1v) is 7.26. The molecule has 0 spiro atoms. The molecule has 3 rings (SSSR count). The van der Waals surface area contributed by atoms with Crippen LogP contribution in [0.2, 0.25) is 0 Å². The molecule has 0 radical (unpaired) electrons. The van der Waals surface area contributed by atoms with E-state index in [0.29, 0.717) is 6.54 Å². The molecule has 0 aromatic carbocycles. The molecule has 1 aromatic rings. The summed E-state index contributed by atoms with van der Waals surface area (Å²) in [6.45, 7) is 2.92. The molecule has 1 aliphatic heterocycles. The second-order valence-electron chi connectivity index (χ2n) is 5.91. The van der Waals surface area contributed by atoms with Crippen LogP contribution in [0.4, 0.5) is 0 Å². The van der Waals surface area contributed by atoms with Crippen molar-refractivity contribution in [3.05, 3.63) is 23.7 Å². The zero-order valence-corrected chi connectivity index (χ0v) is 11.2. The number of fused-ring (bicyclic) bond motifs is 1. The number of hydrogen-bond donors (Lipinski definition) is 1. The van der Waals surface area contributed by atoms with E-state index in [-0.39, 0.29) is 5.76 Å². The standard InChI is InChI=1S/C15H21NO3/c17-15(18)14-13(6-8-19-14)10-16-7-5-11-3-1-2-4-12(11)9-16/h6,8,11-12H,1-5,7,9-10H2,(H,17,18). The van der Waals surface area contributed by atoms with Gasteiger partial charge in [0.15, 0.2) is 0 Å². The van der Waals surface area contributed by atoms with E-state index in [1.807, 2.05) is 0 Å². The number of nitrogens with zero attached hydrogens (tertiary/aromatic N) is 1. The molecule has 0 amide bonds. The molecule has 2 unspecified atom stereocenters. The number of piperidine rings is 1. The number of furan rings is 1. The Labute approximate surface area is 113 Å². The zero-order chi connectivity index (χ0) is 13.2. The van der Waals surface area contributed by atoms with Crippen molar-refractivity contribution < 1.29 is 14.3 Å². The normalized spacial score (nSPS) is 28.0. The Bertz CT molecular complexity index is 454. The third kappa shape index (κ3) is 2.68. The Balaban J connectivity index is 1.64. The second-order valence-corrected chi connectivity index (χ2v) is 5.91. The molecule has 4 heteroatoms. The maximum Gasteiger partial charge on any atom is 0.372 e. The highest BCUT2D eigenvalue weighted by atomic mass is 16.4. The quantitative estimate of drug-likeness (QED) is 0.910. The van der Waals surface area contributed by atoms with Gasteiger partial charge in [-0.15, -0.1) is 0 Å². The fourth-order valence-corrected chi connectivity index (χ4v) is 3.71. The number of carboxylic acid groups (broad SMARTS) is 1. The van der Waals surface area contributed by atoms with E-state index in [9.17, 15) is 4.79 Å². The second kappa shape index (κ2) is 5.37. The van der Waals surface area contributed by atoms with Crippen LogP contribution in [0.3, 0.4) is 0 Å². The average Bonchev–Trinajstić information content (AvgIpc) is 2.87. The molecule has 1 saturated carbocycles. The maximum atomic E-state index is 11.0. The first kappa shape index (κ1) is 12.7. The highest BCUT2D eigenvalue weighted by Crippen LogP contribution is 2.36. The van der Waals surface area contributed by atoms with Gasteiger partial charge in [-0.2, -0.15) is 0 Å². The number of carbonyl (C=O) groups is 1. The summed E-state index contributed by atoms with van der Waals surface area (Å²) in [5, 5.41) is 9.06. The van der Waals surface area contributed by atoms with Crippen LogP contribution in [0.1, 0.15) is 48.2 Å². The van der Waals surface area contributed by atoms with E-state index in [0.717, 1.165) is 30.5 Å². The van der Waals surface area contributed by atoms with E-state index >= 15 is 0 Å². The van der Waals surface area contributed by atoms with Gasteiger partial charge in [-0.05, 0) is 37.3 Å². The first-order valence-electron chi connectivity index (χ1n) is 7.26. The number of aromatic carboxylic acids is 1. The highest BCUT2D eigenvalue weighted by Gasteiger charge is 2.31. The van der Waals surface area contributed by atoms with Crippen molar-refractivity contribution in [2.75, 3.05) is 13.1 Å². The zero-order valence-electron chi connectivity index (χ0n) is 11.2. The van der Waals surface area contributed by atoms with Gasteiger partial charge in [0.05, 0.1) is 6.26 Å². The van der Waals surface area contributed by atoms with Gasteiger partial charge in [0.25, 0.3) is 0 Å². The van der Waals surface area contributed by atoms with E-state index < -0.39 is 5.97 Å². The van der Waals surface area contributed by atoms with E-state index in [4.69, 9.17) is 9.52 Å². The lowest BCUT2D eigenvalue weighted by molar-refractivity contribution is 0.0648. The van der Waals surface area contributed by atoms with Crippen molar-refractivity contribution in [3.8, 4) is 0 Å². The number of hydrogen-bond acceptors (Lipinski definition) is 3. The summed E-state index contributed by atoms with van der Waals surface area (Å²) in [6, 6.07) is 1.79. The van der Waals surface area contributed by atoms with Crippen LogP contribution >= 0.6 is 0 Å². The molecule has 4 nitrogen and oxygen atoms in total. The monoisotopic (exact) mass is 263 g/mol. The van der Waals surface area contributed by atoms with E-state index in [2.05, 4.69) is 4.90 Å². The molecule has 19 heavy (non-hydrogen) atoms. The largest absolute Gasteiger partial charge is 0.475 e. The summed E-state index contributed by atoms with van der Waals surface area (Å²) < 4.78 is 5.05. The van der Waals surface area contributed by atoms with E-state index in [1.165, 1.54) is 38.4 Å². The fraction of sp³-hybridized carbons (Fsp3) is 0.667. The minimum Gasteiger partial charge on any atom is -0.475 e. The SMILES string of the molecule is O=C(O)c1occc1CN1CCC2CCCCC2C1. The Morgan fingerprint density at radius 3 is 2.89 bits per heavy atom. The van der Waals surface area contributed by atoms with Crippen molar-refractivity contribution >= 4 is 5.97 Å². The topological polar surface area (TPSA) is 53.7 Å². The molecule has 2 atom stereocenters. The minimum absolute atomic E-state index is 0.103. The predicted molar refractivity (Wildman–Crippen MR) is 71.0 cm³/mol. The third-order valence-corrected chi connectivity index (χ3v) is 4.71. The lowest BCUT2D eigenvalue weighted by Gasteiger charge is -2.41. The third-order valence-electron chi connectivity index (χ3n) is 4.71. The van der Waals surface area contributed by atoms with Crippen molar-refractivity contribution in [2.45, 2.75) is 38.6 Å². The molecule has 1 saturated heterocycles. The fourth-order valence-electron chi connectivity index (χ4n) is 3.71. The van der Waals surface area contributed by atoms with Crippen LogP contribution < -0.4 is 0 Å². The van der Waals surface area contributed by atoms with Crippen LogP contribution in [-0.4, -0.2) is 29.1 Å². The lowest BCUT2D eigenvalue weighted by Crippen LogP contribution is -2.41. The van der Waals surface area contributed by atoms with Crippen molar-refractivity contribution in [3.63, 3.8) is 0 Å². The van der Waals surface area contributed by atoms with Crippen molar-refractivity contribution in [1.29, 1.82) is 0 Å². The molecule has 1 N–H and O–H groups in total. The smallest absolute Gasteiger partial charge is 0.372 e. The van der Waals surface area contributed by atoms with Crippen LogP contribution in [0, 0.1) is 11.8 Å². The lowest BCUT2D eigenvalue weighted by atomic mass is 9.75. The Morgan fingerprint density at radius 2 is 2.11 bits per heavy atom. The van der Waals surface area contributed by atoms with Gasteiger partial charge in [-0.1, -0.05) is 19.3 Å². The molecular weight excluding hydrogens is 242 g/mol. The van der Waals surface area contributed by atoms with Crippen molar-refractivity contribution in [1.82, 2.24) is 4.90 Å². The molecule has 104 valence electrons. The molecule has 2 fully saturated rings. The molecule has 2 aliphatic rings. The predicted octanol–water partition coefficient (Wildman–Crippen LogP) is 2.99. The summed E-state index contributed by atoms with van der Waals surface area (Å²) in [4.78, 5) is 13.4. The molecule has 1 aliphatic carbocycles. The number of likely N-dealkylation sites (tertiary alicyclic amines) is 1. The molecular formula is C15H21NO3. The summed E-state index contributed by atoms with van der Waals surface area (Å²) in [5.41, 5.74) is 0.807. The first-order chi connectivity index (χ1) is 9.24. The summed E-state index contributed by atoms with van der Waals surface area (Å²) in [6.07, 6.45) is 8.24. The maximum absolute atomic E-state index is 11.0. The average molecular weight is 263 g/mol. The highest BCUT2D eigenvalue weighted by molar-refractivity contribution is 5.86. The Hall–Kier alpha value is -1.29. The van der Waals surface area contributed by atoms with Crippen LogP contribution in [-0.2, 0) is 6.54 Å². The van der Waals surface area contributed by atoms with Gasteiger partial charge >= 0.3 is 5.97 Å². The van der Waals surface area contributed by atoms with Gasteiger partial charge in [0, 0.05) is 18.7 Å². The molecule has 0 bridgehead atoms. The summed E-state index contributed by atoms with van der Waals surface area (Å²) in [5.74, 6) is 0.870.